The van der Waals surface area contributed by atoms with Crippen LogP contribution in [0.2, 0.25) is 0 Å². The fourth-order valence-corrected chi connectivity index (χ4v) is 6.58. The number of ether oxygens (including phenoxy) is 1. The molecule has 1 aliphatic rings. The topological polar surface area (TPSA) is 224 Å². The molecule has 0 amide bonds. The number of H-pyrrole nitrogens is 1. The number of aromatic amines is 1. The molecular weight excluding hydrogens is 660 g/mol. The highest BCUT2D eigenvalue weighted by Gasteiger charge is 2.54. The fourth-order valence-electron chi connectivity index (χ4n) is 4.34. The number of benzene rings is 1. The van der Waals surface area contributed by atoms with Crippen LogP contribution in [0.25, 0.3) is 11.2 Å². The highest BCUT2D eigenvalue weighted by atomic mass is 32.2. The van der Waals surface area contributed by atoms with Gasteiger partial charge in [-0.05, 0) is 38.5 Å². The van der Waals surface area contributed by atoms with Gasteiger partial charge < -0.3 is 25.8 Å². The Kier molecular flexibility index (Phi) is 10.7. The van der Waals surface area contributed by atoms with Crippen LogP contribution >= 0.6 is 19.5 Å². The van der Waals surface area contributed by atoms with Crippen LogP contribution in [-0.4, -0.2) is 83.3 Å². The van der Waals surface area contributed by atoms with Crippen molar-refractivity contribution in [2.75, 3.05) is 31.3 Å². The summed E-state index contributed by atoms with van der Waals surface area (Å²) >= 11 is 0.831. The zero-order valence-corrected chi connectivity index (χ0v) is 26.6. The number of thioether (sulfide) groups is 1. The molecule has 3 heterocycles. The Morgan fingerprint density at radius 2 is 1.96 bits per heavy atom. The first-order valence-corrected chi connectivity index (χ1v) is 16.3. The molecule has 1 fully saturated rings. The Labute approximate surface area is 264 Å². The Morgan fingerprint density at radius 1 is 1.28 bits per heavy atom. The molecule has 0 spiro atoms. The van der Waals surface area contributed by atoms with Gasteiger partial charge in [0, 0.05) is 12.3 Å². The minimum Gasteiger partial charge on any atom is -0.395 e. The maximum Gasteiger partial charge on any atom is 0.416 e. The van der Waals surface area contributed by atoms with Crippen molar-refractivity contribution in [3.63, 3.8) is 0 Å². The Balaban J connectivity index is 1.48. The number of hydrogen-bond acceptors (Lipinski definition) is 13. The molecule has 1 aromatic carbocycles. The zero-order chi connectivity index (χ0) is 34.1. The molecule has 15 nitrogen and oxygen atoms in total. The highest BCUT2D eigenvalue weighted by molar-refractivity contribution is 8.13. The number of carbonyl (C=O) groups is 1. The normalized spacial score (nSPS) is 23.5. The van der Waals surface area contributed by atoms with Crippen LogP contribution < -0.4 is 16.4 Å². The number of hydrogen-bond donors (Lipinski definition) is 6. The molecule has 2 aromatic heterocycles. The second kappa shape index (κ2) is 13.7. The van der Waals surface area contributed by atoms with E-state index in [9.17, 15) is 42.6 Å². The van der Waals surface area contributed by atoms with Gasteiger partial charge in [-0.3, -0.25) is 28.2 Å². The first kappa shape index (κ1) is 36.0. The third-order valence-electron chi connectivity index (χ3n) is 7.15. The molecule has 0 aliphatic carbocycles. The molecule has 46 heavy (non-hydrogen) atoms. The number of carbonyl (C=O) groups excluding carboxylic acids is 1. The maximum atomic E-state index is 13.7. The van der Waals surface area contributed by atoms with Gasteiger partial charge >= 0.3 is 13.9 Å². The van der Waals surface area contributed by atoms with Crippen molar-refractivity contribution in [2.24, 2.45) is 5.41 Å². The van der Waals surface area contributed by atoms with Crippen molar-refractivity contribution in [2.45, 2.75) is 57.5 Å². The number of halogens is 3. The second-order valence-corrected chi connectivity index (χ2v) is 14.2. The van der Waals surface area contributed by atoms with Crippen molar-refractivity contribution < 1.29 is 51.6 Å². The minimum absolute atomic E-state index is 0.0138. The van der Waals surface area contributed by atoms with Crippen LogP contribution in [0, 0.1) is 5.41 Å². The molecule has 0 saturated carbocycles. The van der Waals surface area contributed by atoms with Crippen LogP contribution in [-0.2, 0) is 35.9 Å². The molecule has 1 aliphatic heterocycles. The lowest BCUT2D eigenvalue weighted by atomic mass is 9.96. The first-order valence-electron chi connectivity index (χ1n) is 13.7. The van der Waals surface area contributed by atoms with Crippen LogP contribution in [0.5, 0.6) is 0 Å². The summed E-state index contributed by atoms with van der Waals surface area (Å²) in [6.07, 6.45) is -7.68. The van der Waals surface area contributed by atoms with E-state index < -0.39 is 61.1 Å². The Hall–Kier alpha value is -2.87. The third-order valence-corrected chi connectivity index (χ3v) is 9.89. The summed E-state index contributed by atoms with van der Waals surface area (Å²) in [6, 6.07) is 4.07. The second-order valence-electron chi connectivity index (χ2n) is 11.3. The van der Waals surface area contributed by atoms with Gasteiger partial charge in [-0.2, -0.15) is 18.2 Å². The number of anilines is 1. The molecule has 0 radical (unpaired) electrons. The monoisotopic (exact) mass is 694 g/mol. The lowest BCUT2D eigenvalue weighted by Gasteiger charge is -2.27. The van der Waals surface area contributed by atoms with E-state index in [2.05, 4.69) is 20.0 Å². The number of aliphatic hydroxyl groups is 3. The molecule has 5 atom stereocenters. The van der Waals surface area contributed by atoms with Gasteiger partial charge in [0.1, 0.15) is 17.8 Å². The number of nitrogens with one attached hydrogen (secondary N) is 2. The SMILES string of the molecule is CC(C)(CO)C(=O)SCCOP(=O)(NCc1ccc(C(F)(F)F)cc1)OC[C@H]1O[C@@H](n2cnc3c(=O)[nH]c(N)nc32)C(C)(O)C1O. The molecule has 20 heteroatoms. The van der Waals surface area contributed by atoms with Crippen molar-refractivity contribution in [3.8, 4) is 0 Å². The van der Waals surface area contributed by atoms with E-state index >= 15 is 0 Å². The summed E-state index contributed by atoms with van der Waals surface area (Å²) in [7, 11) is -4.30. The smallest absolute Gasteiger partial charge is 0.395 e. The van der Waals surface area contributed by atoms with E-state index in [4.69, 9.17) is 19.5 Å². The fraction of sp³-hybridized carbons (Fsp3) is 0.538. The van der Waals surface area contributed by atoms with E-state index in [0.717, 1.165) is 30.2 Å². The number of alkyl halides is 3. The molecule has 3 aromatic rings. The highest BCUT2D eigenvalue weighted by Crippen LogP contribution is 2.47. The average molecular weight is 695 g/mol. The third kappa shape index (κ3) is 7.98. The lowest BCUT2D eigenvalue weighted by molar-refractivity contribution is -0.137. The number of fused-ring (bicyclic) bond motifs is 1. The molecule has 254 valence electrons. The number of nitrogen functional groups attached to an aromatic ring is 1. The van der Waals surface area contributed by atoms with Gasteiger partial charge in [0.2, 0.25) is 5.95 Å². The number of nitrogens with two attached hydrogens (primary N) is 1. The summed E-state index contributed by atoms with van der Waals surface area (Å²) < 4.78 is 70.7. The van der Waals surface area contributed by atoms with Gasteiger partial charge in [0.25, 0.3) is 5.56 Å². The van der Waals surface area contributed by atoms with Crippen LogP contribution in [0.15, 0.2) is 35.4 Å². The van der Waals surface area contributed by atoms with E-state index in [1.807, 2.05) is 0 Å². The number of aliphatic hydroxyl groups excluding tert-OH is 2. The van der Waals surface area contributed by atoms with Gasteiger partial charge in [-0.25, -0.2) is 14.6 Å². The molecule has 4 rings (SSSR count). The van der Waals surface area contributed by atoms with Crippen LogP contribution in [0.4, 0.5) is 19.1 Å². The Bertz CT molecular complexity index is 1650. The summed E-state index contributed by atoms with van der Waals surface area (Å²) in [4.78, 5) is 34.8. The van der Waals surface area contributed by atoms with E-state index in [-0.39, 0.29) is 47.7 Å². The minimum atomic E-state index is -4.55. The first-order chi connectivity index (χ1) is 21.4. The average Bonchev–Trinajstić information content (AvgIpc) is 3.50. The summed E-state index contributed by atoms with van der Waals surface area (Å²) in [5, 5.41) is 33.7. The Morgan fingerprint density at radius 3 is 2.59 bits per heavy atom. The van der Waals surface area contributed by atoms with Crippen molar-refractivity contribution in [3.05, 3.63) is 52.1 Å². The predicted octanol–water partition coefficient (Wildman–Crippen LogP) is 1.94. The molecule has 3 unspecified atom stereocenters. The lowest BCUT2D eigenvalue weighted by Crippen LogP contribution is -2.44. The van der Waals surface area contributed by atoms with Gasteiger partial charge in [-0.15, -0.1) is 0 Å². The van der Waals surface area contributed by atoms with Crippen molar-refractivity contribution >= 4 is 41.7 Å². The summed E-state index contributed by atoms with van der Waals surface area (Å²) in [5.74, 6) is -0.214. The maximum absolute atomic E-state index is 13.7. The predicted molar refractivity (Wildman–Crippen MR) is 159 cm³/mol. The van der Waals surface area contributed by atoms with Crippen LogP contribution in [0.3, 0.4) is 0 Å². The van der Waals surface area contributed by atoms with Gasteiger partial charge in [0.15, 0.2) is 22.5 Å². The molecular formula is C26H34F3N6O9PS. The zero-order valence-electron chi connectivity index (χ0n) is 24.9. The van der Waals surface area contributed by atoms with Crippen LogP contribution in [0.1, 0.15) is 38.1 Å². The molecule has 1 saturated heterocycles. The van der Waals surface area contributed by atoms with Gasteiger partial charge in [-0.1, -0.05) is 23.9 Å². The molecule has 0 bridgehead atoms. The van der Waals surface area contributed by atoms with E-state index in [1.54, 1.807) is 13.8 Å². The summed E-state index contributed by atoms with van der Waals surface area (Å²) in [5.41, 5.74) is 1.27. The number of nitrogens with zero attached hydrogens (tertiary/aromatic N) is 3. The van der Waals surface area contributed by atoms with Crippen molar-refractivity contribution in [1.82, 2.24) is 24.6 Å². The molecule has 7 N–H and O–H groups in total. The standard InChI is InChI=1S/C26H34F3N6O9PS/c1-24(2,12-36)22(39)46-9-8-42-45(41,32-10-14-4-6-15(7-5-14)26(27,28)29)43-11-16-18(37)25(3,40)21(44-16)35-13-31-17-19(35)33-23(30)34-20(17)38/h4-7,13,16,18,21,36-37,40H,8-12H2,1-3H3,(H,32,41)(H3,30,33,34,38)/t16-,18?,21-,25?,45?/m1/s1. The quantitative estimate of drug-likeness (QED) is 0.111. The number of rotatable bonds is 13. The largest absolute Gasteiger partial charge is 0.416 e. The van der Waals surface area contributed by atoms with E-state index in [1.165, 1.54) is 23.6 Å². The number of aromatic nitrogens is 4. The summed E-state index contributed by atoms with van der Waals surface area (Å²) in [6.45, 7) is 2.81. The van der Waals surface area contributed by atoms with E-state index in [0.29, 0.717) is 5.56 Å². The van der Waals surface area contributed by atoms with Crippen molar-refractivity contribution in [1.29, 1.82) is 0 Å². The van der Waals surface area contributed by atoms with Gasteiger partial charge in [0.05, 0.1) is 37.1 Å². The number of imidazole rings is 1.